The monoisotopic (exact) mass is 274 g/mol. The van der Waals surface area contributed by atoms with Crippen LogP contribution in [0, 0.1) is 0 Å². The fourth-order valence-corrected chi connectivity index (χ4v) is 2.91. The van der Waals surface area contributed by atoms with E-state index in [9.17, 15) is 4.79 Å². The van der Waals surface area contributed by atoms with E-state index in [-0.39, 0.29) is 5.91 Å². The summed E-state index contributed by atoms with van der Waals surface area (Å²) in [6, 6.07) is 8.32. The van der Waals surface area contributed by atoms with Gasteiger partial charge in [0.2, 0.25) is 0 Å². The summed E-state index contributed by atoms with van der Waals surface area (Å²) < 4.78 is 0. The molecule has 2 rings (SSSR count). The highest BCUT2D eigenvalue weighted by Gasteiger charge is 2.17. The highest BCUT2D eigenvalue weighted by molar-refractivity contribution is 5.95. The highest BCUT2D eigenvalue weighted by Crippen LogP contribution is 2.18. The Morgan fingerprint density at radius 2 is 1.85 bits per heavy atom. The van der Waals surface area contributed by atoms with Gasteiger partial charge in [-0.1, -0.05) is 43.9 Å². The van der Waals surface area contributed by atoms with Crippen LogP contribution in [0.1, 0.15) is 54.4 Å². The van der Waals surface area contributed by atoms with E-state index < -0.39 is 0 Å². The van der Waals surface area contributed by atoms with E-state index in [1.165, 1.54) is 25.7 Å². The maximum Gasteiger partial charge on any atom is 0.251 e. The zero-order valence-electron chi connectivity index (χ0n) is 12.5. The molecular formula is C17H26N2O. The SMILES string of the molecule is CNCCc1ccccc1C(=O)NC1CCCCCC1. The van der Waals surface area contributed by atoms with Gasteiger partial charge < -0.3 is 10.6 Å². The van der Waals surface area contributed by atoms with Gasteiger partial charge in [-0.25, -0.2) is 0 Å². The number of carbonyl (C=O) groups is 1. The Morgan fingerprint density at radius 3 is 2.55 bits per heavy atom. The predicted molar refractivity (Wildman–Crippen MR) is 83.0 cm³/mol. The first-order valence-electron chi connectivity index (χ1n) is 7.84. The van der Waals surface area contributed by atoms with Crippen LogP contribution in [-0.4, -0.2) is 25.5 Å². The summed E-state index contributed by atoms with van der Waals surface area (Å²) in [4.78, 5) is 12.5. The normalized spacial score (nSPS) is 16.6. The number of hydrogen-bond acceptors (Lipinski definition) is 2. The summed E-state index contributed by atoms with van der Waals surface area (Å²) in [5.41, 5.74) is 1.97. The average molecular weight is 274 g/mol. The molecule has 0 saturated heterocycles. The largest absolute Gasteiger partial charge is 0.349 e. The first-order valence-corrected chi connectivity index (χ1v) is 7.84. The molecule has 1 fully saturated rings. The van der Waals surface area contributed by atoms with Gasteiger partial charge in [-0.05, 0) is 44.5 Å². The van der Waals surface area contributed by atoms with E-state index in [2.05, 4.69) is 16.7 Å². The van der Waals surface area contributed by atoms with Gasteiger partial charge in [-0.2, -0.15) is 0 Å². The van der Waals surface area contributed by atoms with Crippen LogP contribution in [0.2, 0.25) is 0 Å². The Kier molecular flexibility index (Phi) is 6.06. The van der Waals surface area contributed by atoms with Crippen molar-refractivity contribution < 1.29 is 4.79 Å². The quantitative estimate of drug-likeness (QED) is 0.811. The van der Waals surface area contributed by atoms with Crippen LogP contribution in [0.3, 0.4) is 0 Å². The minimum Gasteiger partial charge on any atom is -0.349 e. The van der Waals surface area contributed by atoms with E-state index in [0.717, 1.165) is 36.9 Å². The molecule has 1 aliphatic carbocycles. The van der Waals surface area contributed by atoms with Crippen molar-refractivity contribution >= 4 is 5.91 Å². The van der Waals surface area contributed by atoms with Crippen molar-refractivity contribution in [3.05, 3.63) is 35.4 Å². The summed E-state index contributed by atoms with van der Waals surface area (Å²) in [6.45, 7) is 0.897. The van der Waals surface area contributed by atoms with Gasteiger partial charge in [0.25, 0.3) is 5.91 Å². The lowest BCUT2D eigenvalue weighted by atomic mass is 10.0. The van der Waals surface area contributed by atoms with Crippen molar-refractivity contribution in [3.8, 4) is 0 Å². The molecule has 1 aliphatic rings. The summed E-state index contributed by atoms with van der Waals surface area (Å²) in [7, 11) is 1.94. The fourth-order valence-electron chi connectivity index (χ4n) is 2.91. The third-order valence-corrected chi connectivity index (χ3v) is 4.10. The Bertz CT molecular complexity index is 423. The lowest BCUT2D eigenvalue weighted by molar-refractivity contribution is 0.0932. The smallest absolute Gasteiger partial charge is 0.251 e. The van der Waals surface area contributed by atoms with Crippen LogP contribution in [-0.2, 0) is 6.42 Å². The molecule has 1 aromatic carbocycles. The van der Waals surface area contributed by atoms with Gasteiger partial charge in [0.15, 0.2) is 0 Å². The van der Waals surface area contributed by atoms with Gasteiger partial charge in [-0.3, -0.25) is 4.79 Å². The Balaban J connectivity index is 2.00. The molecule has 1 aromatic rings. The van der Waals surface area contributed by atoms with Crippen LogP contribution in [0.4, 0.5) is 0 Å². The molecule has 3 heteroatoms. The zero-order chi connectivity index (χ0) is 14.2. The van der Waals surface area contributed by atoms with E-state index >= 15 is 0 Å². The summed E-state index contributed by atoms with van der Waals surface area (Å²) in [5, 5.41) is 6.37. The molecule has 0 radical (unpaired) electrons. The minimum atomic E-state index is 0.101. The predicted octanol–water partition coefficient (Wildman–Crippen LogP) is 2.90. The van der Waals surface area contributed by atoms with Gasteiger partial charge in [-0.15, -0.1) is 0 Å². The molecule has 0 aromatic heterocycles. The van der Waals surface area contributed by atoms with Crippen LogP contribution in [0.15, 0.2) is 24.3 Å². The van der Waals surface area contributed by atoms with E-state index in [0.29, 0.717) is 6.04 Å². The highest BCUT2D eigenvalue weighted by atomic mass is 16.1. The molecule has 20 heavy (non-hydrogen) atoms. The fraction of sp³-hybridized carbons (Fsp3) is 0.588. The average Bonchev–Trinajstić information content (AvgIpc) is 2.74. The van der Waals surface area contributed by atoms with E-state index in [4.69, 9.17) is 0 Å². The summed E-state index contributed by atoms with van der Waals surface area (Å²) in [6.07, 6.45) is 8.26. The molecule has 0 unspecified atom stereocenters. The summed E-state index contributed by atoms with van der Waals surface area (Å²) in [5.74, 6) is 0.101. The molecule has 110 valence electrons. The van der Waals surface area contributed by atoms with Crippen molar-refractivity contribution in [3.63, 3.8) is 0 Å². The molecule has 3 nitrogen and oxygen atoms in total. The number of benzene rings is 1. The Hall–Kier alpha value is -1.35. The number of rotatable bonds is 5. The van der Waals surface area contributed by atoms with Crippen molar-refractivity contribution in [2.45, 2.75) is 51.0 Å². The third kappa shape index (κ3) is 4.34. The lowest BCUT2D eigenvalue weighted by Gasteiger charge is -2.17. The van der Waals surface area contributed by atoms with Crippen LogP contribution >= 0.6 is 0 Å². The lowest BCUT2D eigenvalue weighted by Crippen LogP contribution is -2.35. The molecule has 0 atom stereocenters. The molecule has 0 aliphatic heterocycles. The second-order valence-corrected chi connectivity index (χ2v) is 5.67. The molecule has 0 heterocycles. The van der Waals surface area contributed by atoms with Crippen molar-refractivity contribution in [2.75, 3.05) is 13.6 Å². The number of nitrogens with one attached hydrogen (secondary N) is 2. The topological polar surface area (TPSA) is 41.1 Å². The second-order valence-electron chi connectivity index (χ2n) is 5.67. The van der Waals surface area contributed by atoms with Crippen molar-refractivity contribution in [1.82, 2.24) is 10.6 Å². The molecule has 1 amide bonds. The number of likely N-dealkylation sites (N-methyl/N-ethyl adjacent to an activating group) is 1. The van der Waals surface area contributed by atoms with Crippen molar-refractivity contribution in [2.24, 2.45) is 0 Å². The first kappa shape index (κ1) is 15.0. The minimum absolute atomic E-state index is 0.101. The molecule has 0 spiro atoms. The van der Waals surface area contributed by atoms with Gasteiger partial charge in [0.1, 0.15) is 0 Å². The Morgan fingerprint density at radius 1 is 1.15 bits per heavy atom. The van der Waals surface area contributed by atoms with Crippen LogP contribution < -0.4 is 10.6 Å². The maximum absolute atomic E-state index is 12.5. The number of amides is 1. The molecule has 2 N–H and O–H groups in total. The zero-order valence-corrected chi connectivity index (χ0v) is 12.5. The summed E-state index contributed by atoms with van der Waals surface area (Å²) >= 11 is 0. The third-order valence-electron chi connectivity index (χ3n) is 4.10. The van der Waals surface area contributed by atoms with Gasteiger partial charge >= 0.3 is 0 Å². The number of carbonyl (C=O) groups excluding carboxylic acids is 1. The van der Waals surface area contributed by atoms with Gasteiger partial charge in [0, 0.05) is 11.6 Å². The van der Waals surface area contributed by atoms with Crippen molar-refractivity contribution in [1.29, 1.82) is 0 Å². The number of hydrogen-bond donors (Lipinski definition) is 2. The van der Waals surface area contributed by atoms with Gasteiger partial charge in [0.05, 0.1) is 0 Å². The van der Waals surface area contributed by atoms with Crippen LogP contribution in [0.5, 0.6) is 0 Å². The van der Waals surface area contributed by atoms with E-state index in [1.54, 1.807) is 0 Å². The molecule has 0 bridgehead atoms. The first-order chi connectivity index (χ1) is 9.81. The van der Waals surface area contributed by atoms with Crippen LogP contribution in [0.25, 0.3) is 0 Å². The molecular weight excluding hydrogens is 248 g/mol. The standard InChI is InChI=1S/C17H26N2O/c1-18-13-12-14-8-6-7-11-16(14)17(20)19-15-9-4-2-3-5-10-15/h6-8,11,15,18H,2-5,9-10,12-13H2,1H3,(H,19,20). The Labute approximate surface area is 122 Å². The maximum atomic E-state index is 12.5. The molecule has 1 saturated carbocycles. The van der Waals surface area contributed by atoms with E-state index in [1.807, 2.05) is 25.2 Å². The second kappa shape index (κ2) is 8.05.